The lowest BCUT2D eigenvalue weighted by Crippen LogP contribution is -2.41. The first-order valence-electron chi connectivity index (χ1n) is 13.8. The number of aryl methyl sites for hydroxylation is 2. The van der Waals surface area contributed by atoms with E-state index in [1.807, 2.05) is 76.0 Å². The molecule has 0 radical (unpaired) electrons. The van der Waals surface area contributed by atoms with Crippen molar-refractivity contribution in [3.8, 4) is 10.4 Å². The Labute approximate surface area is 242 Å². The van der Waals surface area contributed by atoms with Crippen molar-refractivity contribution in [2.75, 3.05) is 12.5 Å². The highest BCUT2D eigenvalue weighted by molar-refractivity contribution is 8.28. The Kier molecular flexibility index (Phi) is 9.87. The van der Waals surface area contributed by atoms with E-state index in [1.54, 1.807) is 11.3 Å². The zero-order valence-electron chi connectivity index (χ0n) is 24.0. The molecule has 6 atom stereocenters. The molecule has 2 heterocycles. The van der Waals surface area contributed by atoms with Gasteiger partial charge in [0.1, 0.15) is 5.76 Å². The number of aliphatic hydroxyl groups is 2. The molecule has 1 aromatic carbocycles. The van der Waals surface area contributed by atoms with Gasteiger partial charge in [0.05, 0.1) is 40.0 Å². The van der Waals surface area contributed by atoms with Gasteiger partial charge in [0, 0.05) is 24.3 Å². The smallest absolute Gasteiger partial charge is 0.224 e. The van der Waals surface area contributed by atoms with Gasteiger partial charge in [-0.3, -0.25) is 9.59 Å². The number of hydrogen-bond acceptors (Lipinski definition) is 8. The quantitative estimate of drug-likeness (QED) is 0.248. The molecule has 8 nitrogen and oxygen atoms in total. The van der Waals surface area contributed by atoms with Gasteiger partial charge >= 0.3 is 0 Å². The van der Waals surface area contributed by atoms with Crippen LogP contribution in [0.2, 0.25) is 0 Å². The number of nitrogens with zero attached hydrogens (tertiary/aromatic N) is 2. The molecule has 1 fully saturated rings. The van der Waals surface area contributed by atoms with Crippen molar-refractivity contribution >= 4 is 33.3 Å². The normalized spacial score (nSPS) is 21.7. The second-order valence-electron chi connectivity index (χ2n) is 11.5. The van der Waals surface area contributed by atoms with Gasteiger partial charge in [-0.15, -0.1) is 11.3 Å². The Morgan fingerprint density at radius 3 is 2.42 bits per heavy atom. The third-order valence-electron chi connectivity index (χ3n) is 7.94. The highest BCUT2D eigenvalue weighted by Crippen LogP contribution is 2.42. The van der Waals surface area contributed by atoms with E-state index in [9.17, 15) is 19.8 Å². The van der Waals surface area contributed by atoms with Crippen molar-refractivity contribution in [1.82, 2.24) is 15.5 Å². The van der Waals surface area contributed by atoms with Crippen LogP contribution in [0.3, 0.4) is 0 Å². The first-order valence-corrected chi connectivity index (χ1v) is 16.9. The topological polar surface area (TPSA) is 126 Å². The minimum atomic E-state index is -0.901. The van der Waals surface area contributed by atoms with Crippen LogP contribution < -0.4 is 5.32 Å². The Balaban J connectivity index is 1.57. The molecular formula is C30H41N3O5S2. The van der Waals surface area contributed by atoms with Crippen LogP contribution >= 0.6 is 22.2 Å². The third-order valence-corrected chi connectivity index (χ3v) is 10.1. The minimum Gasteiger partial charge on any atom is -0.393 e. The lowest BCUT2D eigenvalue weighted by molar-refractivity contribution is -0.129. The standard InChI is InChI=1S/C30H41N3O5S2/c1-16(2)27(25-11-17(3)33-38-25)28(36)22-12-21(34)13-23(22)30(37)32-24(14-26(35)40(5)6)19-7-9-20(10-8-19)29-18(4)31-15-39-29/h7-11,15-16,21-24,27-28,34,36,40H,12-14H2,1-6H3,(H,32,37)/t21-,22?,23+,24-,27+,28?/m0/s1. The number of nitrogens with one attached hydrogen (secondary N) is 1. The molecule has 40 heavy (non-hydrogen) atoms. The van der Waals surface area contributed by atoms with Crippen LogP contribution in [0, 0.1) is 31.6 Å². The maximum atomic E-state index is 13.8. The van der Waals surface area contributed by atoms with Crippen LogP contribution in [0.5, 0.6) is 0 Å². The SMILES string of the molecule is Cc1cc([C@@H](C(C)C)C(O)C2C[C@H](O)C[C@H]2C(=O)N[C@@H](CC(=O)[SH](C)C)c2ccc(-c3scnc3C)cc2)on1. The average Bonchev–Trinajstić information content (AvgIpc) is 3.63. The van der Waals surface area contributed by atoms with E-state index in [2.05, 4.69) is 15.5 Å². The maximum Gasteiger partial charge on any atom is 0.224 e. The number of rotatable bonds is 10. The van der Waals surface area contributed by atoms with Gasteiger partial charge in [0.2, 0.25) is 5.91 Å². The number of thiazole rings is 1. The van der Waals surface area contributed by atoms with E-state index in [0.717, 1.165) is 27.4 Å². The zero-order valence-corrected chi connectivity index (χ0v) is 25.7. The van der Waals surface area contributed by atoms with Crippen LogP contribution in [0.25, 0.3) is 10.4 Å². The largest absolute Gasteiger partial charge is 0.393 e. The number of benzene rings is 1. The molecule has 0 bridgehead atoms. The molecule has 1 saturated carbocycles. The Bertz CT molecular complexity index is 1300. The Hall–Kier alpha value is -2.53. The van der Waals surface area contributed by atoms with Crippen molar-refractivity contribution < 1.29 is 24.3 Å². The molecule has 2 unspecified atom stereocenters. The van der Waals surface area contributed by atoms with Gasteiger partial charge in [-0.2, -0.15) is 0 Å². The summed E-state index contributed by atoms with van der Waals surface area (Å²) in [5.74, 6) is -1.07. The minimum absolute atomic E-state index is 0.0308. The van der Waals surface area contributed by atoms with Crippen LogP contribution in [0.4, 0.5) is 0 Å². The van der Waals surface area contributed by atoms with E-state index in [4.69, 9.17) is 4.52 Å². The molecule has 4 rings (SSSR count). The molecule has 1 aliphatic rings. The van der Waals surface area contributed by atoms with Crippen molar-refractivity contribution in [2.24, 2.45) is 17.8 Å². The number of thiol groups is 1. The molecule has 3 N–H and O–H groups in total. The van der Waals surface area contributed by atoms with E-state index < -0.39 is 41.0 Å². The van der Waals surface area contributed by atoms with Crippen molar-refractivity contribution in [2.45, 2.75) is 71.1 Å². The molecule has 218 valence electrons. The van der Waals surface area contributed by atoms with Crippen LogP contribution in [0.1, 0.15) is 67.8 Å². The lowest BCUT2D eigenvalue weighted by Gasteiger charge is -2.32. The van der Waals surface area contributed by atoms with Gasteiger partial charge in [-0.1, -0.05) is 43.3 Å². The summed E-state index contributed by atoms with van der Waals surface area (Å²) >= 11 is 1.58. The fourth-order valence-electron chi connectivity index (χ4n) is 5.75. The van der Waals surface area contributed by atoms with Crippen LogP contribution in [0.15, 0.2) is 40.4 Å². The van der Waals surface area contributed by atoms with Gasteiger partial charge in [-0.05, 0) is 62.2 Å². The summed E-state index contributed by atoms with van der Waals surface area (Å²) in [6.45, 7) is 7.80. The molecule has 0 saturated heterocycles. The molecule has 3 aromatic rings. The fraction of sp³-hybridized carbons (Fsp3) is 0.533. The van der Waals surface area contributed by atoms with Gasteiger partial charge in [-0.25, -0.2) is 15.9 Å². The summed E-state index contributed by atoms with van der Waals surface area (Å²) < 4.78 is 5.51. The maximum absolute atomic E-state index is 13.8. The van der Waals surface area contributed by atoms with Gasteiger partial charge in [0.15, 0.2) is 5.12 Å². The van der Waals surface area contributed by atoms with Crippen molar-refractivity contribution in [1.29, 1.82) is 0 Å². The summed E-state index contributed by atoms with van der Waals surface area (Å²) in [6, 6.07) is 9.22. The zero-order chi connectivity index (χ0) is 29.1. The molecular weight excluding hydrogens is 546 g/mol. The van der Waals surface area contributed by atoms with E-state index in [0.29, 0.717) is 12.2 Å². The van der Waals surface area contributed by atoms with Crippen LogP contribution in [-0.2, 0) is 9.59 Å². The summed E-state index contributed by atoms with van der Waals surface area (Å²) in [5, 5.41) is 29.4. The number of aromatic nitrogens is 2. The summed E-state index contributed by atoms with van der Waals surface area (Å²) in [6.07, 6.45) is 3.01. The predicted molar refractivity (Wildman–Crippen MR) is 161 cm³/mol. The van der Waals surface area contributed by atoms with E-state index in [-0.39, 0.29) is 35.7 Å². The second-order valence-corrected chi connectivity index (χ2v) is 14.6. The number of amides is 1. The highest BCUT2D eigenvalue weighted by Gasteiger charge is 2.46. The summed E-state index contributed by atoms with van der Waals surface area (Å²) in [5.41, 5.74) is 5.39. The molecule has 10 heteroatoms. The first-order chi connectivity index (χ1) is 19.0. The molecule has 0 spiro atoms. The van der Waals surface area contributed by atoms with Crippen molar-refractivity contribution in [3.05, 3.63) is 58.6 Å². The molecule has 1 aliphatic carbocycles. The monoisotopic (exact) mass is 587 g/mol. The second kappa shape index (κ2) is 13.0. The molecule has 0 aliphatic heterocycles. The van der Waals surface area contributed by atoms with E-state index >= 15 is 0 Å². The van der Waals surface area contributed by atoms with Gasteiger partial charge in [0.25, 0.3) is 0 Å². The number of carbonyl (C=O) groups is 2. The molecule has 2 aromatic heterocycles. The fourth-order valence-corrected chi connectivity index (χ4v) is 7.11. The number of hydrogen-bond donors (Lipinski definition) is 4. The average molecular weight is 588 g/mol. The van der Waals surface area contributed by atoms with Gasteiger partial charge < -0.3 is 20.1 Å². The van der Waals surface area contributed by atoms with E-state index in [1.165, 1.54) is 0 Å². The summed E-state index contributed by atoms with van der Waals surface area (Å²) in [4.78, 5) is 32.1. The van der Waals surface area contributed by atoms with Crippen molar-refractivity contribution in [3.63, 3.8) is 0 Å². The van der Waals surface area contributed by atoms with Crippen LogP contribution in [-0.4, -0.2) is 56.1 Å². The predicted octanol–water partition coefficient (Wildman–Crippen LogP) is 4.94. The Morgan fingerprint density at radius 1 is 1.18 bits per heavy atom. The third kappa shape index (κ3) is 6.84. The molecule has 1 amide bonds. The first kappa shape index (κ1) is 30.4. The highest BCUT2D eigenvalue weighted by atomic mass is 32.2. The Morgan fingerprint density at radius 2 is 1.88 bits per heavy atom. The number of aliphatic hydroxyl groups excluding tert-OH is 2. The number of carbonyl (C=O) groups excluding carboxylic acids is 2. The summed E-state index contributed by atoms with van der Waals surface area (Å²) in [7, 11) is -0.819. The lowest BCUT2D eigenvalue weighted by atomic mass is 9.77.